The predicted molar refractivity (Wildman–Crippen MR) is 97.3 cm³/mol. The van der Waals surface area contributed by atoms with E-state index in [4.69, 9.17) is 4.74 Å². The van der Waals surface area contributed by atoms with Crippen molar-refractivity contribution in [1.29, 1.82) is 0 Å². The van der Waals surface area contributed by atoms with Gasteiger partial charge >= 0.3 is 12.0 Å². The van der Waals surface area contributed by atoms with E-state index in [0.717, 1.165) is 21.5 Å². The molecule has 0 aliphatic carbocycles. The molecular weight excluding hydrogens is 350 g/mol. The number of esters is 1. The zero-order chi connectivity index (χ0) is 19.6. The van der Waals surface area contributed by atoms with Gasteiger partial charge in [-0.1, -0.05) is 18.2 Å². The average molecular weight is 371 g/mol. The minimum atomic E-state index is -0.534. The number of carbonyl (C=O) groups excluding carboxylic acids is 4. The van der Waals surface area contributed by atoms with Crippen molar-refractivity contribution in [2.75, 3.05) is 26.7 Å². The van der Waals surface area contributed by atoms with Crippen LogP contribution in [0.5, 0.6) is 0 Å². The molecule has 1 aliphatic heterocycles. The van der Waals surface area contributed by atoms with E-state index >= 15 is 0 Å². The number of imide groups is 1. The molecule has 1 fully saturated rings. The molecular formula is C19H21N3O5. The molecule has 27 heavy (non-hydrogen) atoms. The van der Waals surface area contributed by atoms with Crippen LogP contribution in [0.1, 0.15) is 28.9 Å². The molecule has 3 rings (SSSR count). The molecule has 0 unspecified atom stereocenters. The molecule has 2 aromatic rings. The molecule has 1 aromatic carbocycles. The molecule has 3 amide bonds. The van der Waals surface area contributed by atoms with E-state index in [9.17, 15) is 19.2 Å². The van der Waals surface area contributed by atoms with Crippen molar-refractivity contribution in [3.8, 4) is 0 Å². The van der Waals surface area contributed by atoms with E-state index in [2.05, 4.69) is 4.98 Å². The number of H-pyrrole nitrogens is 1. The van der Waals surface area contributed by atoms with Crippen LogP contribution in [-0.2, 0) is 14.3 Å². The summed E-state index contributed by atoms with van der Waals surface area (Å²) in [6, 6.07) is 7.08. The lowest BCUT2D eigenvalue weighted by Crippen LogP contribution is -2.32. The first kappa shape index (κ1) is 18.6. The third kappa shape index (κ3) is 3.84. The Balaban J connectivity index is 1.49. The first-order valence-electron chi connectivity index (χ1n) is 8.70. The summed E-state index contributed by atoms with van der Waals surface area (Å²) < 4.78 is 5.07. The Bertz CT molecular complexity index is 917. The topological polar surface area (TPSA) is 99.8 Å². The first-order chi connectivity index (χ1) is 12.9. The zero-order valence-electron chi connectivity index (χ0n) is 15.3. The van der Waals surface area contributed by atoms with Crippen LogP contribution in [0, 0.1) is 6.92 Å². The van der Waals surface area contributed by atoms with Crippen molar-refractivity contribution in [3.05, 3.63) is 35.5 Å². The summed E-state index contributed by atoms with van der Waals surface area (Å²) >= 11 is 0. The molecule has 1 saturated heterocycles. The molecule has 1 aromatic heterocycles. The van der Waals surface area contributed by atoms with Gasteiger partial charge in [0.2, 0.25) is 11.7 Å². The predicted octanol–water partition coefficient (Wildman–Crippen LogP) is 1.88. The number of ketones is 1. The van der Waals surface area contributed by atoms with Gasteiger partial charge in [0, 0.05) is 42.2 Å². The summed E-state index contributed by atoms with van der Waals surface area (Å²) in [6.07, 6.45) is 0.325. The molecule has 142 valence electrons. The number of amides is 3. The Morgan fingerprint density at radius 3 is 2.67 bits per heavy atom. The van der Waals surface area contributed by atoms with Crippen molar-refractivity contribution in [3.63, 3.8) is 0 Å². The maximum atomic E-state index is 12.4. The van der Waals surface area contributed by atoms with Crippen LogP contribution >= 0.6 is 0 Å². The van der Waals surface area contributed by atoms with Crippen molar-refractivity contribution < 1.29 is 23.9 Å². The van der Waals surface area contributed by atoms with Gasteiger partial charge in [0.15, 0.2) is 6.61 Å². The summed E-state index contributed by atoms with van der Waals surface area (Å²) in [4.78, 5) is 53.3. The lowest BCUT2D eigenvalue weighted by atomic mass is 10.1. The van der Waals surface area contributed by atoms with Gasteiger partial charge in [-0.15, -0.1) is 0 Å². The molecule has 0 saturated carbocycles. The Hall–Kier alpha value is -3.16. The summed E-state index contributed by atoms with van der Waals surface area (Å²) in [5, 5.41) is 0.797. The second-order valence-electron chi connectivity index (χ2n) is 6.54. The van der Waals surface area contributed by atoms with Crippen LogP contribution in [0.3, 0.4) is 0 Å². The monoisotopic (exact) mass is 371 g/mol. The number of nitrogens with zero attached hydrogens (tertiary/aromatic N) is 2. The number of likely N-dealkylation sites (N-methyl/N-ethyl adjacent to an activating group) is 1. The van der Waals surface area contributed by atoms with E-state index in [1.807, 2.05) is 24.3 Å². The normalized spacial score (nSPS) is 14.3. The minimum absolute atomic E-state index is 0.0287. The van der Waals surface area contributed by atoms with Gasteiger partial charge in [0.25, 0.3) is 0 Å². The maximum Gasteiger partial charge on any atom is 0.326 e. The number of rotatable bonds is 7. The fourth-order valence-corrected chi connectivity index (χ4v) is 3.20. The minimum Gasteiger partial charge on any atom is -0.457 e. The number of Topliss-reactive ketones (excluding diaryl/α,β-unsaturated/α-hetero) is 1. The van der Waals surface area contributed by atoms with Crippen LogP contribution in [-0.4, -0.2) is 65.2 Å². The molecule has 0 atom stereocenters. The van der Waals surface area contributed by atoms with Crippen molar-refractivity contribution in [2.24, 2.45) is 0 Å². The highest BCUT2D eigenvalue weighted by Crippen LogP contribution is 2.22. The third-order valence-electron chi connectivity index (χ3n) is 4.53. The number of aromatic amines is 1. The van der Waals surface area contributed by atoms with Crippen LogP contribution in [0.4, 0.5) is 4.79 Å². The van der Waals surface area contributed by atoms with Gasteiger partial charge in [-0.25, -0.2) is 4.79 Å². The largest absolute Gasteiger partial charge is 0.457 e. The number of ether oxygens (including phenoxy) is 1. The second-order valence-corrected chi connectivity index (χ2v) is 6.54. The molecule has 0 spiro atoms. The van der Waals surface area contributed by atoms with Gasteiger partial charge in [0.05, 0.1) is 0 Å². The summed E-state index contributed by atoms with van der Waals surface area (Å²) in [5.41, 5.74) is 2.11. The number of carbonyl (C=O) groups is 4. The highest BCUT2D eigenvalue weighted by molar-refractivity contribution is 6.10. The van der Waals surface area contributed by atoms with Gasteiger partial charge in [-0.05, 0) is 19.4 Å². The highest BCUT2D eigenvalue weighted by atomic mass is 16.5. The van der Waals surface area contributed by atoms with E-state index in [-0.39, 0.29) is 43.8 Å². The lowest BCUT2D eigenvalue weighted by Gasteiger charge is -2.13. The number of nitrogens with one attached hydrogen (secondary N) is 1. The van der Waals surface area contributed by atoms with Gasteiger partial charge in [0.1, 0.15) is 6.54 Å². The molecule has 8 heteroatoms. The Morgan fingerprint density at radius 1 is 1.22 bits per heavy atom. The standard InChI is InChI=1S/C19H21N3O5/c1-12-18(13-6-3-4-7-14(13)20-12)15(23)11-27-17(25)8-5-9-22-16(24)10-21(2)19(22)26/h3-4,6-7,20H,5,8-11H2,1-2H3. The quantitative estimate of drug-likeness (QED) is 0.455. The number of urea groups is 1. The molecule has 1 N–H and O–H groups in total. The molecule has 1 aliphatic rings. The van der Waals surface area contributed by atoms with Crippen LogP contribution in [0.25, 0.3) is 10.9 Å². The van der Waals surface area contributed by atoms with Crippen molar-refractivity contribution in [2.45, 2.75) is 19.8 Å². The van der Waals surface area contributed by atoms with Crippen LogP contribution in [0.15, 0.2) is 24.3 Å². The number of para-hydroxylation sites is 1. The highest BCUT2D eigenvalue weighted by Gasteiger charge is 2.32. The Kier molecular flexibility index (Phi) is 5.25. The number of benzene rings is 1. The first-order valence-corrected chi connectivity index (χ1v) is 8.70. The Morgan fingerprint density at radius 2 is 1.96 bits per heavy atom. The van der Waals surface area contributed by atoms with Gasteiger partial charge in [-0.2, -0.15) is 0 Å². The van der Waals surface area contributed by atoms with Crippen LogP contribution < -0.4 is 0 Å². The maximum absolute atomic E-state index is 12.4. The second kappa shape index (κ2) is 7.61. The van der Waals surface area contributed by atoms with Crippen molar-refractivity contribution in [1.82, 2.24) is 14.8 Å². The van der Waals surface area contributed by atoms with E-state index in [1.54, 1.807) is 14.0 Å². The average Bonchev–Trinajstić information content (AvgIpc) is 3.09. The van der Waals surface area contributed by atoms with Gasteiger partial charge < -0.3 is 14.6 Å². The number of aryl methyl sites for hydroxylation is 1. The zero-order valence-corrected chi connectivity index (χ0v) is 15.3. The number of aromatic nitrogens is 1. The molecule has 0 bridgehead atoms. The fourth-order valence-electron chi connectivity index (χ4n) is 3.20. The number of fused-ring (bicyclic) bond motifs is 1. The fraction of sp³-hybridized carbons (Fsp3) is 0.368. The van der Waals surface area contributed by atoms with Crippen LogP contribution in [0.2, 0.25) is 0 Å². The van der Waals surface area contributed by atoms with E-state index in [0.29, 0.717) is 12.0 Å². The molecule has 0 radical (unpaired) electrons. The SMILES string of the molecule is Cc1[nH]c2ccccc2c1C(=O)COC(=O)CCCN1C(=O)CN(C)C1=O. The van der Waals surface area contributed by atoms with Crippen molar-refractivity contribution >= 4 is 34.6 Å². The third-order valence-corrected chi connectivity index (χ3v) is 4.53. The number of hydrogen-bond donors (Lipinski definition) is 1. The van der Waals surface area contributed by atoms with E-state index < -0.39 is 5.97 Å². The summed E-state index contributed by atoms with van der Waals surface area (Å²) in [6.45, 7) is 1.68. The molecule has 8 nitrogen and oxygen atoms in total. The lowest BCUT2D eigenvalue weighted by molar-refractivity contribution is -0.142. The summed E-state index contributed by atoms with van der Waals surface area (Å²) in [7, 11) is 1.55. The van der Waals surface area contributed by atoms with Gasteiger partial charge in [-0.3, -0.25) is 19.3 Å². The number of hydrogen-bond acceptors (Lipinski definition) is 5. The summed E-state index contributed by atoms with van der Waals surface area (Å²) in [5.74, 6) is -1.08. The van der Waals surface area contributed by atoms with E-state index in [1.165, 1.54) is 4.90 Å². The molecule has 2 heterocycles. The Labute approximate surface area is 156 Å². The smallest absolute Gasteiger partial charge is 0.326 e.